The molecule has 1 heterocycles. The third-order valence-electron chi connectivity index (χ3n) is 4.22. The van der Waals surface area contributed by atoms with Gasteiger partial charge in [0.25, 0.3) is 0 Å². The summed E-state index contributed by atoms with van der Waals surface area (Å²) in [6, 6.07) is 10.5. The second-order valence-electron chi connectivity index (χ2n) is 5.63. The van der Waals surface area contributed by atoms with E-state index in [1.165, 1.54) is 0 Å². The Balaban J connectivity index is 2.22. The van der Waals surface area contributed by atoms with Crippen molar-refractivity contribution >= 4 is 31.6 Å². The van der Waals surface area contributed by atoms with Gasteiger partial charge in [-0.3, -0.25) is 10.1 Å². The number of carbonyl (C=O) groups excluding carboxylic acids is 1. The minimum atomic E-state index is -3.69. The lowest BCUT2D eigenvalue weighted by molar-refractivity contribution is 0.0981. The molecular formula is C17H16BrNO3S. The Morgan fingerprint density at radius 2 is 1.83 bits per heavy atom. The molecule has 1 aliphatic heterocycles. The second kappa shape index (κ2) is 5.85. The van der Waals surface area contributed by atoms with E-state index < -0.39 is 15.2 Å². The van der Waals surface area contributed by atoms with E-state index in [1.807, 2.05) is 13.0 Å². The van der Waals surface area contributed by atoms with E-state index in [4.69, 9.17) is 0 Å². The predicted octanol–water partition coefficient (Wildman–Crippen LogP) is 3.32. The van der Waals surface area contributed by atoms with Crippen LogP contribution in [0.5, 0.6) is 0 Å². The van der Waals surface area contributed by atoms with E-state index in [-0.39, 0.29) is 17.2 Å². The quantitative estimate of drug-likeness (QED) is 0.849. The molecule has 1 N–H and O–H groups in total. The maximum absolute atomic E-state index is 13.2. The molecule has 4 nitrogen and oxygen atoms in total. The number of carbonyl (C=O) groups is 1. The van der Waals surface area contributed by atoms with Gasteiger partial charge in [-0.05, 0) is 52.5 Å². The van der Waals surface area contributed by atoms with Gasteiger partial charge in [0.1, 0.15) is 5.37 Å². The molecule has 0 spiro atoms. The molecule has 0 bridgehead atoms. The molecule has 6 heteroatoms. The van der Waals surface area contributed by atoms with Crippen molar-refractivity contribution in [3.8, 4) is 0 Å². The van der Waals surface area contributed by atoms with Gasteiger partial charge in [0, 0.05) is 10.0 Å². The Hall–Kier alpha value is -1.50. The van der Waals surface area contributed by atoms with Crippen LogP contribution in [0.1, 0.15) is 32.4 Å². The summed E-state index contributed by atoms with van der Waals surface area (Å²) in [4.78, 5) is 12.3. The summed E-state index contributed by atoms with van der Waals surface area (Å²) in [6.45, 7) is 3.70. The molecule has 0 amide bonds. The summed E-state index contributed by atoms with van der Waals surface area (Å²) >= 11 is 3.36. The fourth-order valence-electron chi connectivity index (χ4n) is 2.87. The van der Waals surface area contributed by atoms with E-state index in [2.05, 4.69) is 21.2 Å². The molecular weight excluding hydrogens is 378 g/mol. The fraction of sp³-hybridized carbons (Fsp3) is 0.235. The number of hydrogen-bond donors (Lipinski definition) is 1. The van der Waals surface area contributed by atoms with E-state index in [1.54, 1.807) is 37.3 Å². The van der Waals surface area contributed by atoms with Gasteiger partial charge in [-0.15, -0.1) is 0 Å². The number of nitrogens with one attached hydrogen (secondary N) is 1. The van der Waals surface area contributed by atoms with Crippen LogP contribution in [0.15, 0.2) is 45.8 Å². The normalized spacial score (nSPS) is 17.9. The molecule has 0 fully saturated rings. The number of hydrogen-bond acceptors (Lipinski definition) is 4. The zero-order chi connectivity index (χ0) is 16.8. The van der Waals surface area contributed by atoms with Gasteiger partial charge in [-0.25, -0.2) is 8.42 Å². The van der Waals surface area contributed by atoms with E-state index >= 15 is 0 Å². The maximum atomic E-state index is 13.2. The number of sulfone groups is 1. The Labute approximate surface area is 144 Å². The van der Waals surface area contributed by atoms with Crippen molar-refractivity contribution in [3.63, 3.8) is 0 Å². The average Bonchev–Trinajstić information content (AvgIpc) is 2.51. The molecule has 0 saturated heterocycles. The summed E-state index contributed by atoms with van der Waals surface area (Å²) in [5.41, 5.74) is 2.61. The third-order valence-corrected chi connectivity index (χ3v) is 7.27. The standard InChI is InChI=1S/C17H16BrNO3S/c1-10-7-8-14(18)16(11(10)2)23(21,22)17-13-6-4-3-5-12(13)15(20)9-19-17/h3-8,17,19H,9H2,1-2H3. The highest BCUT2D eigenvalue weighted by atomic mass is 79.9. The largest absolute Gasteiger partial charge is 0.293 e. The minimum Gasteiger partial charge on any atom is -0.293 e. The molecule has 23 heavy (non-hydrogen) atoms. The zero-order valence-electron chi connectivity index (χ0n) is 12.8. The van der Waals surface area contributed by atoms with Crippen molar-refractivity contribution in [3.05, 3.63) is 63.1 Å². The molecule has 1 unspecified atom stereocenters. The highest BCUT2D eigenvalue weighted by molar-refractivity contribution is 9.10. The fourth-order valence-corrected chi connectivity index (χ4v) is 5.98. The molecule has 1 atom stereocenters. The van der Waals surface area contributed by atoms with Gasteiger partial charge >= 0.3 is 0 Å². The molecule has 3 rings (SSSR count). The number of rotatable bonds is 2. The first kappa shape index (κ1) is 16.4. The summed E-state index contributed by atoms with van der Waals surface area (Å²) in [5.74, 6) is -0.0907. The molecule has 2 aromatic rings. The van der Waals surface area contributed by atoms with Gasteiger partial charge < -0.3 is 0 Å². The van der Waals surface area contributed by atoms with Crippen molar-refractivity contribution in [2.24, 2.45) is 0 Å². The van der Waals surface area contributed by atoms with Crippen LogP contribution in [-0.2, 0) is 9.84 Å². The third kappa shape index (κ3) is 2.65. The number of ketones is 1. The molecule has 0 aromatic heterocycles. The topological polar surface area (TPSA) is 63.2 Å². The van der Waals surface area contributed by atoms with Crippen molar-refractivity contribution < 1.29 is 13.2 Å². The van der Waals surface area contributed by atoms with E-state index in [0.29, 0.717) is 15.6 Å². The Morgan fingerprint density at radius 1 is 1.13 bits per heavy atom. The number of benzene rings is 2. The van der Waals surface area contributed by atoms with Crippen LogP contribution in [0.3, 0.4) is 0 Å². The highest BCUT2D eigenvalue weighted by Crippen LogP contribution is 2.37. The highest BCUT2D eigenvalue weighted by Gasteiger charge is 2.37. The van der Waals surface area contributed by atoms with Crippen LogP contribution >= 0.6 is 15.9 Å². The minimum absolute atomic E-state index is 0.0173. The molecule has 2 aromatic carbocycles. The smallest absolute Gasteiger partial charge is 0.199 e. The lowest BCUT2D eigenvalue weighted by atomic mass is 10.0. The van der Waals surface area contributed by atoms with Crippen LogP contribution in [-0.4, -0.2) is 20.7 Å². The first-order chi connectivity index (χ1) is 10.8. The van der Waals surface area contributed by atoms with Crippen molar-refractivity contribution in [2.45, 2.75) is 24.1 Å². The van der Waals surface area contributed by atoms with Gasteiger partial charge in [0.15, 0.2) is 15.6 Å². The van der Waals surface area contributed by atoms with Crippen LogP contribution in [0.25, 0.3) is 0 Å². The van der Waals surface area contributed by atoms with Crippen molar-refractivity contribution in [1.29, 1.82) is 0 Å². The first-order valence-electron chi connectivity index (χ1n) is 7.19. The van der Waals surface area contributed by atoms with Crippen LogP contribution in [0.2, 0.25) is 0 Å². The number of halogens is 1. The van der Waals surface area contributed by atoms with Crippen LogP contribution < -0.4 is 5.32 Å². The Morgan fingerprint density at radius 3 is 2.57 bits per heavy atom. The number of Topliss-reactive ketones (excluding diaryl/α,β-unsaturated/α-hetero) is 1. The van der Waals surface area contributed by atoms with Crippen LogP contribution in [0.4, 0.5) is 0 Å². The maximum Gasteiger partial charge on any atom is 0.199 e. The number of fused-ring (bicyclic) bond motifs is 1. The van der Waals surface area contributed by atoms with Gasteiger partial charge in [0.2, 0.25) is 0 Å². The van der Waals surface area contributed by atoms with Gasteiger partial charge in [-0.2, -0.15) is 0 Å². The van der Waals surface area contributed by atoms with Crippen molar-refractivity contribution in [1.82, 2.24) is 5.32 Å². The molecule has 0 radical (unpaired) electrons. The summed E-state index contributed by atoms with van der Waals surface area (Å²) in [6.07, 6.45) is 0. The van der Waals surface area contributed by atoms with E-state index in [9.17, 15) is 13.2 Å². The predicted molar refractivity (Wildman–Crippen MR) is 92.3 cm³/mol. The number of aryl methyl sites for hydroxylation is 1. The van der Waals surface area contributed by atoms with Gasteiger partial charge in [-0.1, -0.05) is 30.3 Å². The Bertz CT molecular complexity index is 906. The molecule has 0 saturated carbocycles. The first-order valence-corrected chi connectivity index (χ1v) is 9.53. The SMILES string of the molecule is Cc1ccc(Br)c(S(=O)(=O)C2NCC(=O)c3ccccc32)c1C. The summed E-state index contributed by atoms with van der Waals surface area (Å²) in [5, 5.41) is 1.96. The molecule has 0 aliphatic carbocycles. The molecule has 120 valence electrons. The Kier molecular flexibility index (Phi) is 4.16. The zero-order valence-corrected chi connectivity index (χ0v) is 15.2. The summed E-state index contributed by atoms with van der Waals surface area (Å²) < 4.78 is 27.0. The molecule has 1 aliphatic rings. The van der Waals surface area contributed by atoms with Gasteiger partial charge in [0.05, 0.1) is 11.4 Å². The lowest BCUT2D eigenvalue weighted by Crippen LogP contribution is -2.39. The average molecular weight is 394 g/mol. The lowest BCUT2D eigenvalue weighted by Gasteiger charge is -2.27. The second-order valence-corrected chi connectivity index (χ2v) is 8.46. The monoisotopic (exact) mass is 393 g/mol. The summed E-state index contributed by atoms with van der Waals surface area (Å²) in [7, 11) is -3.69. The van der Waals surface area contributed by atoms with Crippen LogP contribution in [0, 0.1) is 13.8 Å². The van der Waals surface area contributed by atoms with E-state index in [0.717, 1.165) is 11.1 Å². The van der Waals surface area contributed by atoms with Crippen molar-refractivity contribution in [2.75, 3.05) is 6.54 Å².